The minimum absolute atomic E-state index is 0.000894. The minimum Gasteiger partial charge on any atom is -0.465 e. The Morgan fingerprint density at radius 1 is 1.53 bits per heavy atom. The molecule has 1 aliphatic heterocycles. The number of cyclic esters (lactones) is 1. The maximum atomic E-state index is 11.9. The zero-order valence-corrected chi connectivity index (χ0v) is 14.8. The van der Waals surface area contributed by atoms with Gasteiger partial charge in [0, 0.05) is 15.8 Å². The van der Waals surface area contributed by atoms with Crippen molar-refractivity contribution in [3.63, 3.8) is 0 Å². The van der Waals surface area contributed by atoms with Gasteiger partial charge >= 0.3 is 11.9 Å². The molecular weight excluding hydrogens is 474 g/mol. The van der Waals surface area contributed by atoms with Gasteiger partial charge in [-0.3, -0.25) is 9.59 Å². The fraction of sp³-hybridized carbons (Fsp3) is 0.846. The van der Waals surface area contributed by atoms with E-state index in [1.807, 2.05) is 0 Å². The number of halogens is 2. The summed E-state index contributed by atoms with van der Waals surface area (Å²) < 4.78 is 11.6. The van der Waals surface area contributed by atoms with Gasteiger partial charge in [0.25, 0.3) is 0 Å². The van der Waals surface area contributed by atoms with Crippen LogP contribution in [-0.2, 0) is 19.1 Å². The highest BCUT2D eigenvalue weighted by atomic mass is 127. The first-order valence-electron chi connectivity index (χ1n) is 6.60. The lowest BCUT2D eigenvalue weighted by atomic mass is 9.71. The van der Waals surface area contributed by atoms with E-state index in [-0.39, 0.29) is 27.4 Å². The first-order chi connectivity index (χ1) is 9.04. The molecule has 2 saturated carbocycles. The first-order valence-corrected chi connectivity index (χ1v) is 9.37. The van der Waals surface area contributed by atoms with Crippen LogP contribution in [0.2, 0.25) is 0 Å². The van der Waals surface area contributed by atoms with Gasteiger partial charge in [0.2, 0.25) is 0 Å². The number of esters is 2. The highest BCUT2D eigenvalue weighted by Crippen LogP contribution is 2.60. The molecule has 19 heavy (non-hydrogen) atoms. The molecule has 1 heterocycles. The van der Waals surface area contributed by atoms with Gasteiger partial charge in [0.1, 0.15) is 10.0 Å². The molecule has 106 valence electrons. The van der Waals surface area contributed by atoms with Crippen LogP contribution in [0, 0.1) is 17.3 Å². The van der Waals surface area contributed by atoms with E-state index >= 15 is 0 Å². The summed E-state index contributed by atoms with van der Waals surface area (Å²) in [7, 11) is 0. The number of rotatable bonds is 3. The molecule has 0 radical (unpaired) electrons. The Morgan fingerprint density at radius 2 is 2.32 bits per heavy atom. The van der Waals surface area contributed by atoms with Crippen LogP contribution in [0.4, 0.5) is 0 Å². The van der Waals surface area contributed by atoms with Crippen molar-refractivity contribution in [3.8, 4) is 0 Å². The number of ether oxygens (including phenoxy) is 2. The fourth-order valence-corrected chi connectivity index (χ4v) is 4.54. The molecule has 2 bridgehead atoms. The molecule has 3 rings (SSSR count). The summed E-state index contributed by atoms with van der Waals surface area (Å²) in [5.74, 6) is 0.736. The van der Waals surface area contributed by atoms with Crippen LogP contribution in [0.25, 0.3) is 0 Å². The standard InChI is InChI=1S/C13H16I2O4/c14-5-9(15)12(17)19-10-2-7-1-8(10)13(3-7)4-11(16)18-6-13/h7-10H,1-6H2. The van der Waals surface area contributed by atoms with Crippen molar-refractivity contribution >= 4 is 57.1 Å². The van der Waals surface area contributed by atoms with E-state index in [4.69, 9.17) is 9.47 Å². The van der Waals surface area contributed by atoms with Gasteiger partial charge in [0.05, 0.1) is 13.0 Å². The number of hydrogen-bond acceptors (Lipinski definition) is 4. The van der Waals surface area contributed by atoms with Crippen molar-refractivity contribution in [1.82, 2.24) is 0 Å². The van der Waals surface area contributed by atoms with Crippen LogP contribution in [0.15, 0.2) is 0 Å². The summed E-state index contributed by atoms with van der Waals surface area (Å²) in [5, 5.41) is 0. The van der Waals surface area contributed by atoms with Crippen molar-refractivity contribution in [1.29, 1.82) is 0 Å². The Kier molecular flexibility index (Phi) is 4.01. The quantitative estimate of drug-likeness (QED) is 0.347. The summed E-state index contributed by atoms with van der Waals surface area (Å²) in [6.45, 7) is 0.529. The molecule has 4 nitrogen and oxygen atoms in total. The van der Waals surface area contributed by atoms with Crippen molar-refractivity contribution in [2.24, 2.45) is 17.3 Å². The van der Waals surface area contributed by atoms with E-state index in [1.54, 1.807) is 0 Å². The van der Waals surface area contributed by atoms with Crippen LogP contribution in [0.3, 0.4) is 0 Å². The van der Waals surface area contributed by atoms with Crippen LogP contribution in [0.1, 0.15) is 25.7 Å². The molecule has 0 N–H and O–H groups in total. The maximum absolute atomic E-state index is 11.9. The molecule has 0 amide bonds. The summed E-state index contributed by atoms with van der Waals surface area (Å²) in [4.78, 5) is 23.4. The molecule has 0 aromatic heterocycles. The third kappa shape index (κ3) is 2.51. The molecule has 1 spiro atoms. The minimum atomic E-state index is -0.104. The Hall–Kier alpha value is 0.400. The summed E-state index contributed by atoms with van der Waals surface area (Å²) in [6.07, 6.45) is 3.64. The topological polar surface area (TPSA) is 52.6 Å². The number of carbonyl (C=O) groups is 2. The molecule has 3 fully saturated rings. The predicted molar refractivity (Wildman–Crippen MR) is 85.4 cm³/mol. The molecule has 2 aliphatic carbocycles. The van der Waals surface area contributed by atoms with Crippen LogP contribution in [0.5, 0.6) is 0 Å². The Labute approximate surface area is 139 Å². The van der Waals surface area contributed by atoms with E-state index in [2.05, 4.69) is 45.2 Å². The van der Waals surface area contributed by atoms with Crippen molar-refractivity contribution in [2.45, 2.75) is 35.7 Å². The molecule has 6 heteroatoms. The highest BCUT2D eigenvalue weighted by Gasteiger charge is 2.60. The van der Waals surface area contributed by atoms with E-state index in [0.717, 1.165) is 23.7 Å². The normalized spacial score (nSPS) is 41.6. The van der Waals surface area contributed by atoms with Crippen molar-refractivity contribution < 1.29 is 19.1 Å². The molecule has 1 saturated heterocycles. The van der Waals surface area contributed by atoms with E-state index in [1.165, 1.54) is 0 Å². The lowest BCUT2D eigenvalue weighted by Crippen LogP contribution is -2.40. The predicted octanol–water partition coefficient (Wildman–Crippen LogP) is 2.50. The molecule has 5 unspecified atom stereocenters. The van der Waals surface area contributed by atoms with Gasteiger partial charge in [-0.2, -0.15) is 0 Å². The van der Waals surface area contributed by atoms with Crippen LogP contribution in [-0.4, -0.2) is 33.0 Å². The fourth-order valence-electron chi connectivity index (χ4n) is 4.04. The monoisotopic (exact) mass is 490 g/mol. The molecule has 3 aliphatic rings. The largest absolute Gasteiger partial charge is 0.465 e. The second-order valence-electron chi connectivity index (χ2n) is 5.95. The number of fused-ring (bicyclic) bond motifs is 3. The van der Waals surface area contributed by atoms with Crippen molar-refractivity contribution in [3.05, 3.63) is 0 Å². The zero-order chi connectivity index (χ0) is 13.6. The van der Waals surface area contributed by atoms with Gasteiger partial charge in [-0.05, 0) is 25.2 Å². The van der Waals surface area contributed by atoms with E-state index < -0.39 is 0 Å². The van der Waals surface area contributed by atoms with Gasteiger partial charge < -0.3 is 9.47 Å². The van der Waals surface area contributed by atoms with Crippen LogP contribution >= 0.6 is 45.2 Å². The SMILES string of the molecule is O=C1CC2(CO1)CC1CC(OC(=O)C(I)CI)C2C1. The second-order valence-corrected chi connectivity index (χ2v) is 8.33. The van der Waals surface area contributed by atoms with Gasteiger partial charge in [-0.25, -0.2) is 0 Å². The first kappa shape index (κ1) is 14.3. The van der Waals surface area contributed by atoms with Gasteiger partial charge in [-0.15, -0.1) is 0 Å². The Bertz CT molecular complexity index is 413. The molecular formula is C13H16I2O4. The zero-order valence-electron chi connectivity index (χ0n) is 10.4. The smallest absolute Gasteiger partial charge is 0.319 e. The summed E-state index contributed by atoms with van der Waals surface area (Å²) >= 11 is 4.33. The Balaban J connectivity index is 1.69. The average molecular weight is 490 g/mol. The second kappa shape index (κ2) is 5.31. The van der Waals surface area contributed by atoms with Gasteiger partial charge in [0.15, 0.2) is 0 Å². The van der Waals surface area contributed by atoms with Crippen LogP contribution < -0.4 is 0 Å². The lowest BCUT2D eigenvalue weighted by molar-refractivity contribution is -0.153. The third-order valence-electron chi connectivity index (χ3n) is 4.76. The molecule has 0 aromatic carbocycles. The average Bonchev–Trinajstić information content (AvgIpc) is 3.03. The number of hydrogen-bond donors (Lipinski definition) is 0. The lowest BCUT2D eigenvalue weighted by Gasteiger charge is -2.36. The highest BCUT2D eigenvalue weighted by molar-refractivity contribution is 14.1. The summed E-state index contributed by atoms with van der Waals surface area (Å²) in [5.41, 5.74) is -0.0317. The summed E-state index contributed by atoms with van der Waals surface area (Å²) in [6, 6.07) is 0. The molecule has 0 aromatic rings. The third-order valence-corrected chi connectivity index (χ3v) is 8.27. The van der Waals surface area contributed by atoms with Gasteiger partial charge in [-0.1, -0.05) is 45.2 Å². The van der Waals surface area contributed by atoms with E-state index in [9.17, 15) is 9.59 Å². The number of carbonyl (C=O) groups excluding carboxylic acids is 2. The maximum Gasteiger partial charge on any atom is 0.319 e. The van der Waals surface area contributed by atoms with Crippen molar-refractivity contribution in [2.75, 3.05) is 11.0 Å². The number of alkyl halides is 2. The Morgan fingerprint density at radius 3 is 2.89 bits per heavy atom. The van der Waals surface area contributed by atoms with E-state index in [0.29, 0.717) is 24.9 Å². The molecule has 5 atom stereocenters.